The Morgan fingerprint density at radius 1 is 1.19 bits per heavy atom. The number of hydrogen-bond donors (Lipinski definition) is 5. The van der Waals surface area contributed by atoms with Gasteiger partial charge in [-0.3, -0.25) is 19.5 Å². The molecule has 18 heteroatoms. The number of nitrogens with one attached hydrogen (secondary N) is 2. The van der Waals surface area contributed by atoms with E-state index in [4.69, 9.17) is 10.6 Å². The Labute approximate surface area is 304 Å². The highest BCUT2D eigenvalue weighted by atomic mass is 32.2. The molecule has 3 aliphatic heterocycles. The van der Waals surface area contributed by atoms with Crippen LogP contribution in [0.2, 0.25) is 0 Å². The minimum atomic E-state index is -1.77. The number of amides is 2. The summed E-state index contributed by atoms with van der Waals surface area (Å²) in [6, 6.07) is 11.2. The van der Waals surface area contributed by atoms with Crippen LogP contribution in [0.5, 0.6) is 0 Å². The number of carboxylic acid groups (broad SMARTS) is 2. The van der Waals surface area contributed by atoms with Crippen molar-refractivity contribution in [2.24, 2.45) is 10.1 Å². The molecule has 0 bridgehead atoms. The zero-order valence-corrected chi connectivity index (χ0v) is 29.6. The number of β-lactam (4-membered cyclic amide) rings is 1. The number of hydrogen-bond acceptors (Lipinski definition) is 12. The minimum Gasteiger partial charge on any atom is -0.478 e. The zero-order valence-electron chi connectivity index (χ0n) is 28.0. The van der Waals surface area contributed by atoms with Crippen LogP contribution in [0.25, 0.3) is 10.9 Å². The first-order chi connectivity index (χ1) is 24.9. The number of thiazole rings is 1. The molecule has 1 fully saturated rings. The normalized spacial score (nSPS) is 18.8. The molecule has 52 heavy (non-hydrogen) atoms. The molecule has 0 radical (unpaired) electrons. The molecule has 0 saturated carbocycles. The number of thioether (sulfide) groups is 1. The van der Waals surface area contributed by atoms with E-state index in [1.54, 1.807) is 0 Å². The number of nitrogen functional groups attached to an aromatic ring is 1. The van der Waals surface area contributed by atoms with E-state index in [0.29, 0.717) is 17.9 Å². The number of oxime groups is 1. The van der Waals surface area contributed by atoms with Crippen molar-refractivity contribution in [3.05, 3.63) is 88.5 Å². The number of anilines is 1. The molecular weight excluding hydrogens is 711 g/mol. The second kappa shape index (κ2) is 13.8. The Balaban J connectivity index is 1.05. The van der Waals surface area contributed by atoms with Gasteiger partial charge in [-0.15, -0.1) is 23.1 Å². The maximum absolute atomic E-state index is 13.4. The Morgan fingerprint density at radius 3 is 2.65 bits per heavy atom. The smallest absolute Gasteiger partial charge is 0.352 e. The molecule has 0 unspecified atom stereocenters. The topological polar surface area (TPSA) is 218 Å². The van der Waals surface area contributed by atoms with Crippen LogP contribution >= 0.6 is 23.1 Å². The van der Waals surface area contributed by atoms with Crippen LogP contribution in [0, 0.1) is 0 Å². The van der Waals surface area contributed by atoms with Gasteiger partial charge in [0.05, 0.1) is 17.4 Å². The summed E-state index contributed by atoms with van der Waals surface area (Å²) in [6.45, 7) is 5.07. The summed E-state index contributed by atoms with van der Waals surface area (Å²) in [5, 5.41) is 31.2. The van der Waals surface area contributed by atoms with Crippen LogP contribution in [0.4, 0.5) is 5.13 Å². The Hall–Kier alpha value is -5.75. The number of nitrogens with zero attached hydrogens (tertiary/aromatic N) is 6. The molecule has 1 aromatic carbocycles. The minimum absolute atomic E-state index is 0.0284. The first-order valence-electron chi connectivity index (χ1n) is 16.2. The van der Waals surface area contributed by atoms with E-state index in [0.717, 1.165) is 52.3 Å². The van der Waals surface area contributed by atoms with Crippen molar-refractivity contribution in [2.45, 2.75) is 44.0 Å². The lowest BCUT2D eigenvalue weighted by Crippen LogP contribution is -2.71. The molecular formula is C34H34N9O7S2+. The van der Waals surface area contributed by atoms with E-state index in [1.165, 1.54) is 35.9 Å². The molecule has 3 aromatic heterocycles. The van der Waals surface area contributed by atoms with Crippen molar-refractivity contribution in [1.29, 1.82) is 0 Å². The van der Waals surface area contributed by atoms with Crippen LogP contribution < -0.4 is 20.9 Å². The van der Waals surface area contributed by atoms with E-state index in [-0.39, 0.29) is 28.8 Å². The van der Waals surface area contributed by atoms with Gasteiger partial charge in [-0.25, -0.2) is 19.1 Å². The fraction of sp³-hybridized carbons (Fsp3) is 0.294. The first kappa shape index (κ1) is 34.7. The third kappa shape index (κ3) is 6.69. The number of pyridine rings is 1. The maximum Gasteiger partial charge on any atom is 0.352 e. The molecule has 1 saturated heterocycles. The fourth-order valence-electron chi connectivity index (χ4n) is 6.02. The van der Waals surface area contributed by atoms with Crippen LogP contribution in [-0.2, 0) is 37.1 Å². The highest BCUT2D eigenvalue weighted by Crippen LogP contribution is 2.40. The van der Waals surface area contributed by atoms with E-state index >= 15 is 0 Å². The lowest BCUT2D eigenvalue weighted by molar-refractivity contribution is -0.687. The number of carbonyl (C=O) groups excluding carboxylic acids is 2. The highest BCUT2D eigenvalue weighted by molar-refractivity contribution is 8.00. The molecule has 0 aliphatic carbocycles. The Kier molecular flexibility index (Phi) is 9.18. The standard InChI is InChI=1S/C34H33N9O7S2/c1-34(2,32(48)49)50-40-24(22-17-52-33(35)38-22)28(44)39-25-29(45)43-26(31(46)47)21(16-51-30(25)43)15-41-11-8-23-20(14-41)7-12-42(23)13-18-3-5-19(6-4-18)27-36-9-10-37-27/h3-8,11-12,14,17,25,30H,9-10,13,15-16H2,1-2H3,(H5-,35,36,37,38,39,44,46,47,48,49)/p+1/t25-,30-/m1/s1. The Morgan fingerprint density at radius 2 is 1.98 bits per heavy atom. The van der Waals surface area contributed by atoms with Gasteiger partial charge in [-0.1, -0.05) is 29.4 Å². The van der Waals surface area contributed by atoms with Crippen LogP contribution in [0.1, 0.15) is 30.7 Å². The highest BCUT2D eigenvalue weighted by Gasteiger charge is 2.55. The number of carbonyl (C=O) groups is 4. The SMILES string of the molecule is CC(C)(ON=C(C(=O)N[C@@H]1C(=O)N2C(C(=O)O)=C(C[n+]3ccc4c(ccn4Cc4ccc(C5=NCCN5)cc4)c3)CS[C@H]12)c1csc(N)n1)C(=O)O. The number of rotatable bonds is 12. The lowest BCUT2D eigenvalue weighted by atomic mass is 10.0. The van der Waals surface area contributed by atoms with E-state index in [1.807, 2.05) is 35.3 Å². The number of fused-ring (bicyclic) bond motifs is 2. The summed E-state index contributed by atoms with van der Waals surface area (Å²) in [5.74, 6) is -2.82. The van der Waals surface area contributed by atoms with Gasteiger partial charge in [0.25, 0.3) is 11.8 Å². The van der Waals surface area contributed by atoms with E-state index < -0.39 is 40.8 Å². The summed E-state index contributed by atoms with van der Waals surface area (Å²) in [4.78, 5) is 65.8. The van der Waals surface area contributed by atoms with E-state index in [2.05, 4.69) is 54.6 Å². The lowest BCUT2D eigenvalue weighted by Gasteiger charge is -2.49. The van der Waals surface area contributed by atoms with Crippen molar-refractivity contribution < 1.29 is 38.8 Å². The van der Waals surface area contributed by atoms with Gasteiger partial charge in [0, 0.05) is 47.6 Å². The van der Waals surface area contributed by atoms with Gasteiger partial charge < -0.3 is 36.0 Å². The number of aliphatic carboxylic acids is 2. The summed E-state index contributed by atoms with van der Waals surface area (Å²) in [5.41, 5.74) is 7.26. The monoisotopic (exact) mass is 744 g/mol. The van der Waals surface area contributed by atoms with Crippen molar-refractivity contribution in [3.63, 3.8) is 0 Å². The number of nitrogens with two attached hydrogens (primary N) is 1. The molecule has 2 atom stereocenters. The van der Waals surface area contributed by atoms with Gasteiger partial charge in [0.1, 0.15) is 28.6 Å². The molecule has 16 nitrogen and oxygen atoms in total. The molecule has 6 N–H and O–H groups in total. The van der Waals surface area contributed by atoms with Crippen molar-refractivity contribution >= 4 is 74.4 Å². The predicted molar refractivity (Wildman–Crippen MR) is 193 cm³/mol. The average Bonchev–Trinajstić information content (AvgIpc) is 3.89. The maximum atomic E-state index is 13.4. The molecule has 0 spiro atoms. The van der Waals surface area contributed by atoms with Crippen LogP contribution in [0.3, 0.4) is 0 Å². The summed E-state index contributed by atoms with van der Waals surface area (Å²) >= 11 is 2.36. The van der Waals surface area contributed by atoms with Gasteiger partial charge in [-0.2, -0.15) is 0 Å². The molecule has 2 amide bonds. The van der Waals surface area contributed by atoms with Gasteiger partial charge in [-0.05, 0) is 25.5 Å². The second-order valence-electron chi connectivity index (χ2n) is 12.8. The van der Waals surface area contributed by atoms with Crippen LogP contribution in [0.15, 0.2) is 81.8 Å². The summed E-state index contributed by atoms with van der Waals surface area (Å²) in [6.07, 6.45) is 5.85. The predicted octanol–water partition coefficient (Wildman–Crippen LogP) is 1.39. The second-order valence-corrected chi connectivity index (χ2v) is 14.8. The summed E-state index contributed by atoms with van der Waals surface area (Å²) in [7, 11) is 0. The fourth-order valence-corrected chi connectivity index (χ4v) is 7.90. The van der Waals surface area contributed by atoms with Crippen molar-refractivity contribution in [3.8, 4) is 0 Å². The number of benzene rings is 1. The van der Waals surface area contributed by atoms with Gasteiger partial charge >= 0.3 is 11.9 Å². The molecule has 268 valence electrons. The molecule has 7 rings (SSSR count). The van der Waals surface area contributed by atoms with Crippen molar-refractivity contribution in [1.82, 2.24) is 25.1 Å². The molecule has 6 heterocycles. The van der Waals surface area contributed by atoms with Gasteiger partial charge in [0.15, 0.2) is 29.8 Å². The number of amidine groups is 1. The van der Waals surface area contributed by atoms with Crippen molar-refractivity contribution in [2.75, 3.05) is 24.6 Å². The molecule has 4 aromatic rings. The number of aromatic nitrogens is 3. The third-order valence-electron chi connectivity index (χ3n) is 8.79. The Bertz CT molecular complexity index is 2210. The zero-order chi connectivity index (χ0) is 36.7. The average molecular weight is 745 g/mol. The largest absolute Gasteiger partial charge is 0.478 e. The van der Waals surface area contributed by atoms with Crippen LogP contribution in [-0.4, -0.2) is 95.8 Å². The van der Waals surface area contributed by atoms with E-state index in [9.17, 15) is 29.4 Å². The number of carboxylic acids is 2. The third-order valence-corrected chi connectivity index (χ3v) is 10.8. The number of aliphatic imine (C=N–C) groups is 1. The van der Waals surface area contributed by atoms with Gasteiger partial charge in [0.2, 0.25) is 5.60 Å². The quantitative estimate of drug-likeness (QED) is 0.0604. The molecule has 3 aliphatic rings. The summed E-state index contributed by atoms with van der Waals surface area (Å²) < 4.78 is 4.04. The first-order valence-corrected chi connectivity index (χ1v) is 18.1.